The van der Waals surface area contributed by atoms with Crippen molar-refractivity contribution in [2.24, 2.45) is 0 Å². The molecule has 0 bridgehead atoms. The zero-order valence-electron chi connectivity index (χ0n) is 14.4. The molecule has 134 valence electrons. The molecule has 27 heavy (non-hydrogen) atoms. The fourth-order valence-electron chi connectivity index (χ4n) is 2.92. The van der Waals surface area contributed by atoms with Crippen LogP contribution in [0.1, 0.15) is 10.4 Å². The van der Waals surface area contributed by atoms with Gasteiger partial charge in [-0.3, -0.25) is 9.59 Å². The van der Waals surface area contributed by atoms with Gasteiger partial charge in [0.1, 0.15) is 5.70 Å². The van der Waals surface area contributed by atoms with Gasteiger partial charge in [0.15, 0.2) is 0 Å². The van der Waals surface area contributed by atoms with E-state index in [-0.39, 0.29) is 17.5 Å². The van der Waals surface area contributed by atoms with Crippen molar-refractivity contribution in [3.8, 4) is 0 Å². The molecular formula is C21H15ClN2O2S. The normalized spacial score (nSPS) is 14.2. The maximum Gasteiger partial charge on any atom is 0.282 e. The minimum absolute atomic E-state index is 0.256. The predicted molar refractivity (Wildman–Crippen MR) is 110 cm³/mol. The average molecular weight is 395 g/mol. The molecule has 0 saturated heterocycles. The van der Waals surface area contributed by atoms with E-state index in [2.05, 4.69) is 5.32 Å². The van der Waals surface area contributed by atoms with E-state index in [1.165, 1.54) is 16.2 Å². The molecule has 0 radical (unpaired) electrons. The first kappa shape index (κ1) is 17.5. The van der Waals surface area contributed by atoms with Crippen LogP contribution in [0.15, 0.2) is 71.7 Å². The number of nitrogens with zero attached hydrogens (tertiary/aromatic N) is 1. The van der Waals surface area contributed by atoms with E-state index >= 15 is 0 Å². The number of aryl methyl sites for hydroxylation is 1. The number of para-hydroxylation sites is 1. The Morgan fingerprint density at radius 3 is 2.41 bits per heavy atom. The first-order valence-electron chi connectivity index (χ1n) is 8.31. The third kappa shape index (κ3) is 3.16. The van der Waals surface area contributed by atoms with Crippen molar-refractivity contribution in [3.05, 3.63) is 87.2 Å². The number of amides is 2. The van der Waals surface area contributed by atoms with Crippen molar-refractivity contribution < 1.29 is 9.59 Å². The zero-order valence-corrected chi connectivity index (χ0v) is 16.0. The lowest BCUT2D eigenvalue weighted by Gasteiger charge is -2.15. The summed E-state index contributed by atoms with van der Waals surface area (Å²) in [6.45, 7) is 1.91. The van der Waals surface area contributed by atoms with E-state index in [4.69, 9.17) is 11.6 Å². The first-order valence-corrected chi connectivity index (χ1v) is 9.57. The van der Waals surface area contributed by atoms with Crippen molar-refractivity contribution in [3.63, 3.8) is 0 Å². The Morgan fingerprint density at radius 2 is 1.74 bits per heavy atom. The molecule has 0 fully saturated rings. The molecule has 1 N–H and O–H groups in total. The van der Waals surface area contributed by atoms with Gasteiger partial charge >= 0.3 is 0 Å². The minimum Gasteiger partial charge on any atom is -0.350 e. The summed E-state index contributed by atoms with van der Waals surface area (Å²) in [4.78, 5) is 28.2. The molecule has 0 atom stereocenters. The van der Waals surface area contributed by atoms with Gasteiger partial charge in [0, 0.05) is 15.6 Å². The van der Waals surface area contributed by atoms with E-state index < -0.39 is 0 Å². The van der Waals surface area contributed by atoms with Gasteiger partial charge in [0.05, 0.1) is 11.3 Å². The first-order chi connectivity index (χ1) is 13.1. The molecule has 0 saturated carbocycles. The van der Waals surface area contributed by atoms with E-state index in [1.54, 1.807) is 30.3 Å². The van der Waals surface area contributed by atoms with Crippen LogP contribution in [-0.4, -0.2) is 11.8 Å². The maximum atomic E-state index is 13.1. The monoisotopic (exact) mass is 394 g/mol. The Labute approximate surface area is 165 Å². The summed E-state index contributed by atoms with van der Waals surface area (Å²) in [7, 11) is 0. The van der Waals surface area contributed by atoms with Crippen LogP contribution in [0.25, 0.3) is 5.57 Å². The van der Waals surface area contributed by atoms with Gasteiger partial charge in [0.25, 0.3) is 11.8 Å². The lowest BCUT2D eigenvalue weighted by molar-refractivity contribution is -0.120. The second-order valence-electron chi connectivity index (χ2n) is 6.10. The summed E-state index contributed by atoms with van der Waals surface area (Å²) in [5.41, 5.74) is 2.77. The highest BCUT2D eigenvalue weighted by Gasteiger charge is 2.40. The van der Waals surface area contributed by atoms with E-state index in [0.29, 0.717) is 22.0 Å². The summed E-state index contributed by atoms with van der Waals surface area (Å²) in [5.74, 6) is -0.722. The number of nitrogens with one attached hydrogen (secondary N) is 1. The Kier molecular flexibility index (Phi) is 4.56. The van der Waals surface area contributed by atoms with Crippen LogP contribution >= 0.6 is 22.9 Å². The smallest absolute Gasteiger partial charge is 0.282 e. The lowest BCUT2D eigenvalue weighted by atomic mass is 10.1. The van der Waals surface area contributed by atoms with Crippen molar-refractivity contribution in [1.82, 2.24) is 0 Å². The van der Waals surface area contributed by atoms with Crippen LogP contribution in [0.5, 0.6) is 0 Å². The fraction of sp³-hybridized carbons (Fsp3) is 0.0476. The van der Waals surface area contributed by atoms with Crippen LogP contribution in [0.3, 0.4) is 0 Å². The number of carbonyl (C=O) groups is 2. The van der Waals surface area contributed by atoms with Crippen LogP contribution in [0.2, 0.25) is 5.02 Å². The number of imide groups is 1. The second-order valence-corrected chi connectivity index (χ2v) is 7.45. The van der Waals surface area contributed by atoms with Gasteiger partial charge in [-0.05, 0) is 48.2 Å². The quantitative estimate of drug-likeness (QED) is 0.626. The standard InChI is InChI=1S/C21H15ClN2O2S/c1-13-9-10-14(12-16(13)22)23-19-18(17-8-5-11-27-17)20(25)24(21(19)26)15-6-3-2-4-7-15/h2-12,23H,1H3. The van der Waals surface area contributed by atoms with E-state index in [1.807, 2.05) is 42.6 Å². The number of halogens is 1. The molecule has 0 spiro atoms. The number of anilines is 2. The predicted octanol–water partition coefficient (Wildman–Crippen LogP) is 5.11. The SMILES string of the molecule is Cc1ccc(NC2=C(c3cccs3)C(=O)N(c3ccccc3)C2=O)cc1Cl. The van der Waals surface area contributed by atoms with E-state index in [9.17, 15) is 9.59 Å². The summed E-state index contributed by atoms with van der Waals surface area (Å²) >= 11 is 7.63. The van der Waals surface area contributed by atoms with Crippen molar-refractivity contribution in [1.29, 1.82) is 0 Å². The number of hydrogen-bond donors (Lipinski definition) is 1. The van der Waals surface area contributed by atoms with Crippen LogP contribution in [0.4, 0.5) is 11.4 Å². The molecule has 2 aromatic carbocycles. The summed E-state index contributed by atoms with van der Waals surface area (Å²) in [5, 5.41) is 5.59. The van der Waals surface area contributed by atoms with Crippen molar-refractivity contribution >= 4 is 51.7 Å². The fourth-order valence-corrected chi connectivity index (χ4v) is 3.87. The molecule has 1 aliphatic heterocycles. The molecule has 4 nitrogen and oxygen atoms in total. The highest BCUT2D eigenvalue weighted by Crippen LogP contribution is 2.35. The zero-order chi connectivity index (χ0) is 19.0. The topological polar surface area (TPSA) is 49.4 Å². The number of rotatable bonds is 4. The molecule has 0 unspecified atom stereocenters. The molecule has 0 aliphatic carbocycles. The van der Waals surface area contributed by atoms with Gasteiger partial charge in [0.2, 0.25) is 0 Å². The third-order valence-corrected chi connectivity index (χ3v) is 5.60. The van der Waals surface area contributed by atoms with Gasteiger partial charge in [-0.1, -0.05) is 41.9 Å². The van der Waals surface area contributed by atoms with Gasteiger partial charge in [-0.2, -0.15) is 0 Å². The average Bonchev–Trinajstić information content (AvgIpc) is 3.26. The molecule has 3 aromatic rings. The molecule has 2 amide bonds. The summed E-state index contributed by atoms with van der Waals surface area (Å²) in [6.07, 6.45) is 0. The Balaban J connectivity index is 1.80. The molecule has 6 heteroatoms. The van der Waals surface area contributed by atoms with E-state index in [0.717, 1.165) is 10.4 Å². The highest BCUT2D eigenvalue weighted by molar-refractivity contribution is 7.11. The number of benzene rings is 2. The van der Waals surface area contributed by atoms with Gasteiger partial charge in [-0.25, -0.2) is 4.90 Å². The molecule has 2 heterocycles. The molecule has 1 aliphatic rings. The van der Waals surface area contributed by atoms with Crippen LogP contribution < -0.4 is 10.2 Å². The van der Waals surface area contributed by atoms with Crippen LogP contribution in [0, 0.1) is 6.92 Å². The minimum atomic E-state index is -0.383. The molecule has 1 aromatic heterocycles. The highest BCUT2D eigenvalue weighted by atomic mass is 35.5. The third-order valence-electron chi connectivity index (χ3n) is 4.31. The van der Waals surface area contributed by atoms with Gasteiger partial charge in [-0.15, -0.1) is 11.3 Å². The Morgan fingerprint density at radius 1 is 0.963 bits per heavy atom. The summed E-state index contributed by atoms with van der Waals surface area (Å²) < 4.78 is 0. The molecular weight excluding hydrogens is 380 g/mol. The second kappa shape index (κ2) is 7.02. The number of hydrogen-bond acceptors (Lipinski definition) is 4. The largest absolute Gasteiger partial charge is 0.350 e. The van der Waals surface area contributed by atoms with Crippen molar-refractivity contribution in [2.75, 3.05) is 10.2 Å². The Hall–Kier alpha value is -2.89. The summed E-state index contributed by atoms with van der Waals surface area (Å²) in [6, 6.07) is 18.1. The number of carbonyl (C=O) groups excluding carboxylic acids is 2. The molecule has 4 rings (SSSR count). The van der Waals surface area contributed by atoms with Crippen LogP contribution in [-0.2, 0) is 9.59 Å². The number of thiophene rings is 1. The maximum absolute atomic E-state index is 13.1. The van der Waals surface area contributed by atoms with Gasteiger partial charge < -0.3 is 5.32 Å². The Bertz CT molecular complexity index is 1060. The lowest BCUT2D eigenvalue weighted by Crippen LogP contribution is -2.32. The van der Waals surface area contributed by atoms with Crippen molar-refractivity contribution in [2.45, 2.75) is 6.92 Å².